The van der Waals surface area contributed by atoms with E-state index >= 15 is 0 Å². The van der Waals surface area contributed by atoms with E-state index in [0.29, 0.717) is 6.04 Å². The van der Waals surface area contributed by atoms with Gasteiger partial charge in [-0.1, -0.05) is 41.7 Å². The lowest BCUT2D eigenvalue weighted by atomic mass is 10.0. The van der Waals surface area contributed by atoms with E-state index in [1.807, 2.05) is 0 Å². The van der Waals surface area contributed by atoms with Gasteiger partial charge < -0.3 is 10.2 Å². The van der Waals surface area contributed by atoms with E-state index < -0.39 is 0 Å². The smallest absolute Gasteiger partial charge is 0.205 e. The Morgan fingerprint density at radius 1 is 1.20 bits per heavy atom. The minimum absolute atomic E-state index is 0.552. The van der Waals surface area contributed by atoms with Crippen LogP contribution in [0.1, 0.15) is 18.4 Å². The van der Waals surface area contributed by atoms with Gasteiger partial charge in [-0.2, -0.15) is 0 Å². The van der Waals surface area contributed by atoms with E-state index in [1.165, 1.54) is 31.5 Å². The molecule has 3 rings (SSSR count). The third-order valence-corrected chi connectivity index (χ3v) is 4.46. The molecule has 1 saturated heterocycles. The van der Waals surface area contributed by atoms with Crippen LogP contribution in [0.25, 0.3) is 0 Å². The summed E-state index contributed by atoms with van der Waals surface area (Å²) < 4.78 is 0. The third kappa shape index (κ3) is 3.77. The Labute approximate surface area is 123 Å². The van der Waals surface area contributed by atoms with Crippen molar-refractivity contribution in [2.75, 3.05) is 25.0 Å². The highest BCUT2D eigenvalue weighted by atomic mass is 32.1. The molecule has 0 aliphatic carbocycles. The standard InChI is InChI=1S/C15H20N4S/c1-2-4-13(5-3-1)6-9-19-10-7-14(8-11-19)17-15-18-16-12-20-15/h1-5,12,14H,6-11H2,(H,17,18). The van der Waals surface area contributed by atoms with Crippen molar-refractivity contribution in [3.05, 3.63) is 41.4 Å². The molecule has 1 aliphatic heterocycles. The zero-order valence-electron chi connectivity index (χ0n) is 11.5. The van der Waals surface area contributed by atoms with Crippen LogP contribution < -0.4 is 5.32 Å². The number of rotatable bonds is 5. The van der Waals surface area contributed by atoms with Gasteiger partial charge >= 0.3 is 0 Å². The Kier molecular flexibility index (Phi) is 4.61. The van der Waals surface area contributed by atoms with Gasteiger partial charge in [-0.3, -0.25) is 0 Å². The van der Waals surface area contributed by atoms with Gasteiger partial charge in [0.25, 0.3) is 0 Å². The highest BCUT2D eigenvalue weighted by Gasteiger charge is 2.19. The average Bonchev–Trinajstić information content (AvgIpc) is 3.01. The lowest BCUT2D eigenvalue weighted by molar-refractivity contribution is 0.221. The molecule has 0 amide bonds. The Balaban J connectivity index is 1.40. The average molecular weight is 288 g/mol. The normalized spacial score (nSPS) is 17.2. The van der Waals surface area contributed by atoms with Crippen LogP contribution in [0.4, 0.5) is 5.13 Å². The summed E-state index contributed by atoms with van der Waals surface area (Å²) in [5.41, 5.74) is 3.21. The van der Waals surface area contributed by atoms with E-state index in [-0.39, 0.29) is 0 Å². The number of nitrogens with zero attached hydrogens (tertiary/aromatic N) is 3. The van der Waals surface area contributed by atoms with Crippen molar-refractivity contribution < 1.29 is 0 Å². The quantitative estimate of drug-likeness (QED) is 0.918. The van der Waals surface area contributed by atoms with Crippen LogP contribution in [-0.4, -0.2) is 40.8 Å². The van der Waals surface area contributed by atoms with Gasteiger partial charge in [0.1, 0.15) is 5.51 Å². The van der Waals surface area contributed by atoms with Gasteiger partial charge in [-0.25, -0.2) is 0 Å². The number of piperidine rings is 1. The number of aromatic nitrogens is 2. The maximum Gasteiger partial charge on any atom is 0.205 e. The van der Waals surface area contributed by atoms with Gasteiger partial charge in [0.2, 0.25) is 5.13 Å². The van der Waals surface area contributed by atoms with Crippen molar-refractivity contribution in [2.24, 2.45) is 0 Å². The molecule has 106 valence electrons. The van der Waals surface area contributed by atoms with Crippen molar-refractivity contribution in [3.63, 3.8) is 0 Å². The fourth-order valence-corrected chi connectivity index (χ4v) is 3.17. The summed E-state index contributed by atoms with van der Waals surface area (Å²) in [6.45, 7) is 3.50. The first-order chi connectivity index (χ1) is 9.90. The zero-order chi connectivity index (χ0) is 13.6. The highest BCUT2D eigenvalue weighted by Crippen LogP contribution is 2.17. The summed E-state index contributed by atoms with van der Waals surface area (Å²) >= 11 is 1.58. The van der Waals surface area contributed by atoms with E-state index in [2.05, 4.69) is 50.7 Å². The molecule has 0 saturated carbocycles. The summed E-state index contributed by atoms with van der Waals surface area (Å²) in [5, 5.41) is 12.3. The van der Waals surface area contributed by atoms with Crippen molar-refractivity contribution in [1.29, 1.82) is 0 Å². The second-order valence-corrected chi connectivity index (χ2v) is 6.07. The van der Waals surface area contributed by atoms with Crippen LogP contribution in [0.2, 0.25) is 0 Å². The molecule has 1 aliphatic rings. The second-order valence-electron chi connectivity index (χ2n) is 5.24. The van der Waals surface area contributed by atoms with Crippen molar-refractivity contribution >= 4 is 16.5 Å². The molecule has 0 radical (unpaired) electrons. The van der Waals surface area contributed by atoms with Crippen LogP contribution in [0.3, 0.4) is 0 Å². The predicted molar refractivity (Wildman–Crippen MR) is 83.1 cm³/mol. The molecular formula is C15H20N4S. The summed E-state index contributed by atoms with van der Waals surface area (Å²) in [7, 11) is 0. The molecule has 0 atom stereocenters. The van der Waals surface area contributed by atoms with E-state index in [1.54, 1.807) is 16.8 Å². The molecule has 2 aromatic rings. The fraction of sp³-hybridized carbons (Fsp3) is 0.467. The largest absolute Gasteiger partial charge is 0.357 e. The van der Waals surface area contributed by atoms with E-state index in [9.17, 15) is 0 Å². The predicted octanol–water partition coefficient (Wildman–Crippen LogP) is 2.66. The highest BCUT2D eigenvalue weighted by molar-refractivity contribution is 7.13. The third-order valence-electron chi connectivity index (χ3n) is 3.83. The minimum Gasteiger partial charge on any atom is -0.357 e. The van der Waals surface area contributed by atoms with Crippen LogP contribution in [-0.2, 0) is 6.42 Å². The SMILES string of the molecule is c1ccc(CCN2CCC(Nc3nncs3)CC2)cc1. The Hall–Kier alpha value is -1.46. The second kappa shape index (κ2) is 6.81. The zero-order valence-corrected chi connectivity index (χ0v) is 12.4. The summed E-state index contributed by atoms with van der Waals surface area (Å²) in [6.07, 6.45) is 3.53. The van der Waals surface area contributed by atoms with Crippen LogP contribution in [0.15, 0.2) is 35.8 Å². The lowest BCUT2D eigenvalue weighted by Crippen LogP contribution is -2.40. The van der Waals surface area contributed by atoms with Gasteiger partial charge in [0, 0.05) is 25.7 Å². The molecule has 1 aromatic heterocycles. The van der Waals surface area contributed by atoms with Gasteiger partial charge in [-0.15, -0.1) is 10.2 Å². The Morgan fingerprint density at radius 2 is 2.00 bits per heavy atom. The molecule has 1 N–H and O–H groups in total. The van der Waals surface area contributed by atoms with Crippen LogP contribution in [0, 0.1) is 0 Å². The molecule has 20 heavy (non-hydrogen) atoms. The molecule has 2 heterocycles. The van der Waals surface area contributed by atoms with Crippen molar-refractivity contribution in [2.45, 2.75) is 25.3 Å². The molecule has 4 nitrogen and oxygen atoms in total. The topological polar surface area (TPSA) is 41.0 Å². The molecule has 0 unspecified atom stereocenters. The number of likely N-dealkylation sites (tertiary alicyclic amines) is 1. The summed E-state index contributed by atoms with van der Waals surface area (Å²) in [5.74, 6) is 0. The molecule has 0 bridgehead atoms. The van der Waals surface area contributed by atoms with Gasteiger partial charge in [-0.05, 0) is 24.8 Å². The number of hydrogen-bond acceptors (Lipinski definition) is 5. The molecular weight excluding hydrogens is 268 g/mol. The Bertz CT molecular complexity index is 492. The summed E-state index contributed by atoms with van der Waals surface area (Å²) in [6, 6.07) is 11.3. The molecule has 0 spiro atoms. The van der Waals surface area contributed by atoms with E-state index in [4.69, 9.17) is 0 Å². The maximum absolute atomic E-state index is 4.05. The maximum atomic E-state index is 4.05. The Morgan fingerprint density at radius 3 is 2.70 bits per heavy atom. The number of hydrogen-bond donors (Lipinski definition) is 1. The van der Waals surface area contributed by atoms with Gasteiger partial charge in [0.15, 0.2) is 0 Å². The van der Waals surface area contributed by atoms with Crippen molar-refractivity contribution in [3.8, 4) is 0 Å². The van der Waals surface area contributed by atoms with Crippen LogP contribution >= 0.6 is 11.3 Å². The minimum atomic E-state index is 0.552. The first kappa shape index (κ1) is 13.5. The number of anilines is 1. The molecule has 1 fully saturated rings. The van der Waals surface area contributed by atoms with Gasteiger partial charge in [0.05, 0.1) is 0 Å². The van der Waals surface area contributed by atoms with Crippen LogP contribution in [0.5, 0.6) is 0 Å². The lowest BCUT2D eigenvalue weighted by Gasteiger charge is -2.32. The molecule has 5 heteroatoms. The monoisotopic (exact) mass is 288 g/mol. The first-order valence-electron chi connectivity index (χ1n) is 7.19. The number of benzene rings is 1. The number of nitrogens with one attached hydrogen (secondary N) is 1. The molecule has 1 aromatic carbocycles. The van der Waals surface area contributed by atoms with E-state index in [0.717, 1.165) is 18.1 Å². The fourth-order valence-electron chi connectivity index (χ4n) is 2.64. The van der Waals surface area contributed by atoms with Crippen molar-refractivity contribution in [1.82, 2.24) is 15.1 Å². The summed E-state index contributed by atoms with van der Waals surface area (Å²) in [4.78, 5) is 2.56. The first-order valence-corrected chi connectivity index (χ1v) is 8.07.